The van der Waals surface area contributed by atoms with Crippen LogP contribution in [-0.4, -0.2) is 45.5 Å². The molecule has 6 heterocycles. The van der Waals surface area contributed by atoms with Gasteiger partial charge in [0.05, 0.1) is 39.4 Å². The summed E-state index contributed by atoms with van der Waals surface area (Å²) < 4.78 is 326. The largest absolute Gasteiger partial charge is 0.489 e. The topological polar surface area (TPSA) is 114 Å². The Morgan fingerprint density at radius 3 is 1.38 bits per heavy atom. The number of hydrogen-bond donors (Lipinski definition) is 2. The molecule has 0 spiro atoms. The summed E-state index contributed by atoms with van der Waals surface area (Å²) in [6, 6.07) is 140. The van der Waals surface area contributed by atoms with Crippen molar-refractivity contribution in [2.24, 2.45) is 0 Å². The molecule has 17 aromatic carbocycles. The van der Waals surface area contributed by atoms with Crippen LogP contribution in [0.2, 0.25) is 0 Å². The summed E-state index contributed by atoms with van der Waals surface area (Å²) >= 11 is 3.59. The fraction of sp³-hybridized carbons (Fsp3) is 0.0345. The van der Waals surface area contributed by atoms with Crippen LogP contribution in [0.3, 0.4) is 0 Å². The second-order valence-corrected chi connectivity index (χ2v) is 33.1. The number of pyridine rings is 4. The molecule has 0 fully saturated rings. The number of fused-ring (bicyclic) bond motifs is 14. The summed E-state index contributed by atoms with van der Waals surface area (Å²) in [4.78, 5) is 19.4. The number of benzene rings is 17. The third-order valence-electron chi connectivity index (χ3n) is 24.9. The van der Waals surface area contributed by atoms with Crippen LogP contribution in [0.4, 0.5) is 0 Å². The van der Waals surface area contributed by atoms with E-state index in [0.717, 1.165) is 156 Å². The fourth-order valence-electron chi connectivity index (χ4n) is 19.1. The summed E-state index contributed by atoms with van der Waals surface area (Å²) in [7, 11) is -1.51. The summed E-state index contributed by atoms with van der Waals surface area (Å²) in [5.41, 5.74) is 25.6. The van der Waals surface area contributed by atoms with E-state index in [0.29, 0.717) is 5.46 Å². The van der Waals surface area contributed by atoms with Gasteiger partial charge in [0, 0.05) is 203 Å². The summed E-state index contributed by atoms with van der Waals surface area (Å²) in [5, 5.41) is 35.1. The summed E-state index contributed by atoms with van der Waals surface area (Å²) in [6.45, 7) is 0. The van der Waals surface area contributed by atoms with Crippen LogP contribution in [-0.2, 0) is 29.7 Å². The summed E-state index contributed by atoms with van der Waals surface area (Å²) in [5.74, 6) is 2.68. The molecular weight excluding hydrogens is 1670 g/mol. The molecule has 0 amide bonds. The number of hydrogen-bond acceptors (Lipinski definition) is 8. The normalized spacial score (nSPS) is 15.3. The molecule has 4 radical (unpaired) electrons. The van der Waals surface area contributed by atoms with Crippen molar-refractivity contribution in [3.63, 3.8) is 0 Å². The van der Waals surface area contributed by atoms with Crippen LogP contribution in [0.5, 0.6) is 0 Å². The van der Waals surface area contributed by atoms with Gasteiger partial charge in [0.15, 0.2) is 0 Å². The van der Waals surface area contributed by atoms with Crippen LogP contribution in [0, 0.1) is 0 Å². The van der Waals surface area contributed by atoms with Crippen molar-refractivity contribution >= 4 is 152 Å². The van der Waals surface area contributed by atoms with Crippen LogP contribution in [0.15, 0.2) is 428 Å². The van der Waals surface area contributed by atoms with Gasteiger partial charge in [-0.05, 0) is 171 Å². The second kappa shape index (κ2) is 35.4. The molecule has 0 saturated carbocycles. The van der Waals surface area contributed by atoms with Crippen LogP contribution in [0.1, 0.15) is 145 Å². The van der Waals surface area contributed by atoms with Crippen LogP contribution in [0.25, 0.3) is 193 Å². The Balaban J connectivity index is -0.000000193. The Hall–Kier alpha value is -14.6. The van der Waals surface area contributed by atoms with Gasteiger partial charge in [0.1, 0.15) is 23.4 Å². The predicted octanol–water partition coefficient (Wildman–Crippen LogP) is 36.6. The molecule has 5 aromatic heterocycles. The number of allylic oxidation sites excluding steroid dienone is 1. The summed E-state index contributed by atoms with van der Waals surface area (Å²) in [6.07, 6.45) is 10.1. The maximum absolute atomic E-state index is 9.67. The minimum atomic E-state index is -1.51. The Bertz CT molecular complexity index is 8230. The van der Waals surface area contributed by atoms with Gasteiger partial charge in [0.25, 0.3) is 0 Å². The van der Waals surface area contributed by atoms with Gasteiger partial charge in [-0.1, -0.05) is 380 Å². The average Bonchev–Trinajstić information content (AvgIpc) is 1.58. The van der Waals surface area contributed by atoms with Gasteiger partial charge in [-0.15, -0.1) is 0 Å². The zero-order valence-corrected chi connectivity index (χ0v) is 72.4. The van der Waals surface area contributed by atoms with Crippen molar-refractivity contribution in [1.82, 2.24) is 19.9 Å². The molecule has 2 aliphatic rings. The maximum atomic E-state index is 9.67. The molecule has 8 nitrogen and oxygen atoms in total. The molecule has 2 unspecified atom stereocenters. The molecule has 1 aliphatic carbocycles. The average molecular weight is 1870 g/mol. The molecule has 2 atom stereocenters. The third-order valence-corrected chi connectivity index (χ3v) is 25.4. The van der Waals surface area contributed by atoms with Gasteiger partial charge in [0.2, 0.25) is 0 Å². The van der Waals surface area contributed by atoms with E-state index in [2.05, 4.69) is 373 Å². The van der Waals surface area contributed by atoms with Crippen molar-refractivity contribution in [2.75, 3.05) is 0 Å². The van der Waals surface area contributed by atoms with E-state index < -0.39 is 7.12 Å². The van der Waals surface area contributed by atoms with Gasteiger partial charge < -0.3 is 19.2 Å². The van der Waals surface area contributed by atoms with Crippen molar-refractivity contribution in [3.05, 3.63) is 457 Å². The number of nitrogens with zero attached hydrogens (tertiary/aromatic N) is 4. The van der Waals surface area contributed by atoms with E-state index >= 15 is 0 Å². The SMILES string of the molecule is Brc1ccc(-c2oc(-c3cc4ccccc4c4ccccc34)c(-c3ccccc3)c2-c2ccccc2)cc1.C1=Cc2c(c(C3OC(c4ccc(-c5ccc(-c6ccc7ccc8cccnc8c7n6)c6ccccc56)cc4)=C(c4ccccc4)C3c3ccccc3)cc3ccccc23)CC1.OB(O)c1ccc(-c2ccc3ccc4cccnc4c3n2)c2ccccc12.[2HH].[2H][2H].[2H][2H].[2H][2H].[2H][2H].[2H][2H].[2H][2H].[2H][2H].[2H][2H].[2H][2H].[2H][2H].[2H][2H].[2H][2H].[2H][2H].[2H][2H].[2H][2H].[2H][2H].[2H][2H].[2H][2H].[2H][2H].[2H][2H].[2H][2H].[2H][2H].[2H][2H].[2H][2H].[2H][2H].[2H][2H].[2H][2H].[2H][2H].[2H][2H].[2H][2H].[2H][2H].[B].[V]. The molecule has 12 heteroatoms. The van der Waals surface area contributed by atoms with Gasteiger partial charge in [-0.25, -0.2) is 9.97 Å². The first-order chi connectivity index (χ1) is 93.3. The third kappa shape index (κ3) is 15.1. The number of furan rings is 1. The Morgan fingerprint density at radius 2 is 0.797 bits per heavy atom. The van der Waals surface area contributed by atoms with E-state index in [-0.39, 0.29) is 40.4 Å². The van der Waals surface area contributed by atoms with E-state index in [4.69, 9.17) is 116 Å². The molecule has 0 bridgehead atoms. The van der Waals surface area contributed by atoms with Gasteiger partial charge in [-0.2, -0.15) is 0 Å². The molecular formula is C116H142B2BrN4O4V. The Morgan fingerprint density at radius 1 is 0.359 bits per heavy atom. The molecule has 24 rings (SSSR count). The van der Waals surface area contributed by atoms with E-state index in [1.165, 1.54) is 82.0 Å². The number of halogens is 1. The zero-order chi connectivity index (χ0) is 146. The minimum Gasteiger partial charge on any atom is -0.484 e. The van der Waals surface area contributed by atoms with Gasteiger partial charge in [-0.3, -0.25) is 9.97 Å². The fourth-order valence-corrected chi connectivity index (χ4v) is 19.3. The van der Waals surface area contributed by atoms with Crippen molar-refractivity contribution < 1.29 is 131 Å². The van der Waals surface area contributed by atoms with Crippen LogP contribution >= 0.6 is 15.9 Å². The number of aromatic nitrogens is 4. The van der Waals surface area contributed by atoms with Crippen molar-refractivity contribution in [3.8, 4) is 78.5 Å². The zero-order valence-electron chi connectivity index (χ0n) is 131. The minimum absolute atomic E-state index is 0. The van der Waals surface area contributed by atoms with E-state index in [9.17, 15) is 10.0 Å². The Labute approximate surface area is 860 Å². The van der Waals surface area contributed by atoms with E-state index in [1.54, 1.807) is 12.3 Å². The first kappa shape index (κ1) is 53.6. The molecule has 0 saturated heterocycles. The number of rotatable bonds is 12. The van der Waals surface area contributed by atoms with Crippen molar-refractivity contribution in [2.45, 2.75) is 24.9 Å². The molecule has 668 valence electrons. The molecule has 2 N–H and O–H groups in total. The number of ether oxygens (including phenoxy) is 1. The molecule has 128 heavy (non-hydrogen) atoms. The maximum Gasteiger partial charge on any atom is 0.489 e. The second-order valence-electron chi connectivity index (χ2n) is 32.2. The van der Waals surface area contributed by atoms with Gasteiger partial charge >= 0.3 is 7.12 Å². The monoisotopic (exact) mass is 1870 g/mol. The molecule has 1 aliphatic heterocycles. The standard InChI is InChI=1S/C58H40N2O.C36H23BrO.C22H15BN2O2.B.V.32H2/c1-3-14-38(15-4-1)53-54(39-16-5-2-6-17-39)58(51-36-43-18-7-8-20-44(43)46-21-10-12-24-49(46)51)61-57(53)42-29-25-37(26-30-42)45-32-33-50(48-23-11-9-22-47(45)48)52-34-31-41-28-27-40-19-13-35-59-55(40)56(41)60-52;37-28-21-19-26(20-22-28)35-33(24-11-3-1-4-12-24)34(25-13-5-2-6-14-25)36(38-35)32-23-27-15-7-8-16-29(27)30-17-9-10-18-31(30)32;26-23(27)19-11-10-18(16-5-1-2-6-17(16)19)20-12-9-15-8-7-14-4-3-13-24-21(14)22(15)25-20;;;;;;;;;;;;;;;;;;;;;;;;;;;;;;;;;;/h1-11,13-23,25-36,54,58H,12,24H2;1-23H;1-13,26-27H;;;32*1H/i;;;;;31*1+1D;1+1. The first-order valence-corrected chi connectivity index (χ1v) is 43.5. The molecule has 22 aromatic rings. The quantitative estimate of drug-likeness (QED) is 0.0918. The smallest absolute Gasteiger partial charge is 0.484 e. The van der Waals surface area contributed by atoms with Crippen LogP contribution < -0.4 is 5.46 Å². The predicted molar refractivity (Wildman–Crippen MR) is 599 cm³/mol. The first-order valence-electron chi connectivity index (χ1n) is 73.7. The Kier molecular flexibility index (Phi) is 14.8. The van der Waals surface area contributed by atoms with E-state index in [1.807, 2.05) is 60.8 Å². The van der Waals surface area contributed by atoms with Crippen molar-refractivity contribution in [1.29, 1.82) is 0 Å².